The van der Waals surface area contributed by atoms with Crippen molar-refractivity contribution in [3.63, 3.8) is 0 Å². The Morgan fingerprint density at radius 2 is 2.16 bits per heavy atom. The number of aromatic amines is 1. The number of carbonyl (C=O) groups excluding carboxylic acids is 1. The van der Waals surface area contributed by atoms with Crippen LogP contribution in [-0.2, 0) is 4.74 Å². The zero-order valence-corrected chi connectivity index (χ0v) is 15.4. The number of nitrogens with one attached hydrogen (secondary N) is 3. The van der Waals surface area contributed by atoms with Crippen molar-refractivity contribution in [2.24, 2.45) is 5.41 Å². The Hall–Kier alpha value is -1.83. The van der Waals surface area contributed by atoms with E-state index in [1.165, 1.54) is 0 Å². The Morgan fingerprint density at radius 1 is 1.40 bits per heavy atom. The van der Waals surface area contributed by atoms with Gasteiger partial charge in [-0.2, -0.15) is 5.10 Å². The van der Waals surface area contributed by atoms with E-state index in [0.717, 1.165) is 31.7 Å². The molecule has 25 heavy (non-hydrogen) atoms. The lowest BCUT2D eigenvalue weighted by Gasteiger charge is -2.37. The number of methoxy groups -OCH3 is 1. The summed E-state index contributed by atoms with van der Waals surface area (Å²) in [6, 6.07) is 5.44. The van der Waals surface area contributed by atoms with Crippen LogP contribution in [0.2, 0.25) is 0 Å². The highest BCUT2D eigenvalue weighted by molar-refractivity contribution is 5.93. The molecule has 0 spiro atoms. The van der Waals surface area contributed by atoms with E-state index in [-0.39, 0.29) is 23.7 Å². The molecular weight excluding hydrogens is 344 g/mol. The monoisotopic (exact) mass is 368 g/mol. The minimum atomic E-state index is -0.185. The molecule has 0 aromatic carbocycles. The lowest BCUT2D eigenvalue weighted by Crippen LogP contribution is -2.47. The fourth-order valence-corrected chi connectivity index (χ4v) is 3.14. The number of carbonyl (C=O) groups is 1. The number of amides is 1. The highest BCUT2D eigenvalue weighted by Crippen LogP contribution is 2.28. The molecule has 1 fully saturated rings. The van der Waals surface area contributed by atoms with Gasteiger partial charge in [-0.3, -0.25) is 9.89 Å². The van der Waals surface area contributed by atoms with Crippen LogP contribution >= 0.6 is 12.4 Å². The zero-order valence-electron chi connectivity index (χ0n) is 14.6. The van der Waals surface area contributed by atoms with Crippen LogP contribution in [-0.4, -0.2) is 49.5 Å². The molecule has 0 bridgehead atoms. The average molecular weight is 369 g/mol. The second-order valence-corrected chi connectivity index (χ2v) is 6.44. The normalized spacial score (nSPS) is 16.2. The number of nitrogens with zero attached hydrogens (tertiary/aromatic N) is 1. The molecule has 138 valence electrons. The number of hydrogen-bond acceptors (Lipinski definition) is 5. The minimum Gasteiger partial charge on any atom is -0.460 e. The molecule has 2 aromatic rings. The lowest BCUT2D eigenvalue weighted by molar-refractivity contribution is 0.0510. The van der Waals surface area contributed by atoms with Crippen LogP contribution in [0.1, 0.15) is 29.1 Å². The molecule has 1 aliphatic heterocycles. The smallest absolute Gasteiger partial charge is 0.271 e. The van der Waals surface area contributed by atoms with Gasteiger partial charge in [0.05, 0.1) is 6.61 Å². The first-order valence-electron chi connectivity index (χ1n) is 8.22. The van der Waals surface area contributed by atoms with E-state index in [1.807, 2.05) is 19.1 Å². The number of piperidine rings is 1. The second kappa shape index (κ2) is 8.51. The predicted octanol–water partition coefficient (Wildman–Crippen LogP) is 2.15. The maximum atomic E-state index is 12.4. The summed E-state index contributed by atoms with van der Waals surface area (Å²) < 4.78 is 10.9. The third-order valence-corrected chi connectivity index (χ3v) is 4.56. The Morgan fingerprint density at radius 3 is 2.80 bits per heavy atom. The Bertz CT molecular complexity index is 686. The number of rotatable bonds is 6. The number of aryl methyl sites for hydroxylation is 1. The third kappa shape index (κ3) is 4.62. The summed E-state index contributed by atoms with van der Waals surface area (Å²) in [5, 5.41) is 13.3. The van der Waals surface area contributed by atoms with E-state index in [0.29, 0.717) is 30.3 Å². The fourth-order valence-electron chi connectivity index (χ4n) is 3.14. The third-order valence-electron chi connectivity index (χ3n) is 4.56. The van der Waals surface area contributed by atoms with Crippen molar-refractivity contribution in [2.75, 3.05) is 33.4 Å². The van der Waals surface area contributed by atoms with Gasteiger partial charge >= 0.3 is 0 Å². The molecule has 0 radical (unpaired) electrons. The summed E-state index contributed by atoms with van der Waals surface area (Å²) in [7, 11) is 1.71. The van der Waals surface area contributed by atoms with Gasteiger partial charge in [0.25, 0.3) is 5.91 Å². The zero-order chi connectivity index (χ0) is 17.0. The van der Waals surface area contributed by atoms with Gasteiger partial charge in [0.1, 0.15) is 11.5 Å². The fraction of sp³-hybridized carbons (Fsp3) is 0.529. The van der Waals surface area contributed by atoms with Gasteiger partial charge < -0.3 is 19.8 Å². The van der Waals surface area contributed by atoms with Gasteiger partial charge in [0.2, 0.25) is 0 Å². The predicted molar refractivity (Wildman–Crippen MR) is 97.0 cm³/mol. The molecule has 3 heterocycles. The van der Waals surface area contributed by atoms with Gasteiger partial charge in [-0.1, -0.05) is 0 Å². The molecule has 2 aromatic heterocycles. The van der Waals surface area contributed by atoms with E-state index in [2.05, 4.69) is 20.8 Å². The number of H-pyrrole nitrogens is 1. The molecule has 0 saturated carbocycles. The van der Waals surface area contributed by atoms with Crippen molar-refractivity contribution >= 4 is 18.3 Å². The van der Waals surface area contributed by atoms with Crippen LogP contribution in [0.5, 0.6) is 0 Å². The molecule has 1 aliphatic rings. The standard InChI is InChI=1S/C17H24N4O3.ClH/c1-12-3-4-15(24-12)13-9-14(21-20-13)16(22)19-10-17(11-23-2)5-7-18-8-6-17;/h3-4,9,18H,5-8,10-11H2,1-2H3,(H,19,22)(H,20,21);1H. The van der Waals surface area contributed by atoms with Gasteiger partial charge in [0, 0.05) is 25.1 Å². The SMILES string of the molecule is COCC1(CNC(=O)c2cc(-c3ccc(C)o3)[nH]n2)CCNCC1.Cl. The van der Waals surface area contributed by atoms with E-state index < -0.39 is 0 Å². The van der Waals surface area contributed by atoms with Crippen molar-refractivity contribution < 1.29 is 13.9 Å². The summed E-state index contributed by atoms with van der Waals surface area (Å²) >= 11 is 0. The van der Waals surface area contributed by atoms with E-state index in [9.17, 15) is 4.79 Å². The van der Waals surface area contributed by atoms with Crippen molar-refractivity contribution in [2.45, 2.75) is 19.8 Å². The molecule has 0 atom stereocenters. The maximum absolute atomic E-state index is 12.4. The number of hydrogen-bond donors (Lipinski definition) is 3. The van der Waals surface area contributed by atoms with Gasteiger partial charge in [-0.25, -0.2) is 0 Å². The maximum Gasteiger partial charge on any atom is 0.271 e. The molecular formula is C17H25ClN4O3. The average Bonchev–Trinajstić information content (AvgIpc) is 3.23. The Kier molecular flexibility index (Phi) is 6.64. The Balaban J connectivity index is 0.00000225. The van der Waals surface area contributed by atoms with Gasteiger partial charge in [-0.15, -0.1) is 12.4 Å². The summed E-state index contributed by atoms with van der Waals surface area (Å²) in [6.07, 6.45) is 1.97. The van der Waals surface area contributed by atoms with Crippen molar-refractivity contribution in [3.8, 4) is 11.5 Å². The highest BCUT2D eigenvalue weighted by Gasteiger charge is 2.32. The Labute approximate surface area is 153 Å². The quantitative estimate of drug-likeness (QED) is 0.726. The van der Waals surface area contributed by atoms with E-state index >= 15 is 0 Å². The molecule has 0 aliphatic carbocycles. The van der Waals surface area contributed by atoms with Crippen molar-refractivity contribution in [1.29, 1.82) is 0 Å². The number of halogens is 1. The molecule has 0 unspecified atom stereocenters. The van der Waals surface area contributed by atoms with Crippen LogP contribution in [0, 0.1) is 12.3 Å². The summed E-state index contributed by atoms with van der Waals surface area (Å²) in [5.74, 6) is 1.31. The molecule has 7 nitrogen and oxygen atoms in total. The topological polar surface area (TPSA) is 92.2 Å². The van der Waals surface area contributed by atoms with Crippen molar-refractivity contribution in [1.82, 2.24) is 20.8 Å². The van der Waals surface area contributed by atoms with Gasteiger partial charge in [-0.05, 0) is 45.0 Å². The van der Waals surface area contributed by atoms with Crippen LogP contribution in [0.25, 0.3) is 11.5 Å². The van der Waals surface area contributed by atoms with Crippen LogP contribution in [0.15, 0.2) is 22.6 Å². The number of furan rings is 1. The van der Waals surface area contributed by atoms with E-state index in [4.69, 9.17) is 9.15 Å². The second-order valence-electron chi connectivity index (χ2n) is 6.44. The first kappa shape index (κ1) is 19.5. The first-order valence-corrected chi connectivity index (χ1v) is 8.22. The summed E-state index contributed by atoms with van der Waals surface area (Å²) in [4.78, 5) is 12.4. The van der Waals surface area contributed by atoms with Crippen LogP contribution < -0.4 is 10.6 Å². The van der Waals surface area contributed by atoms with E-state index in [1.54, 1.807) is 13.2 Å². The molecule has 8 heteroatoms. The summed E-state index contributed by atoms with van der Waals surface area (Å²) in [5.41, 5.74) is 1.05. The number of aromatic nitrogens is 2. The lowest BCUT2D eigenvalue weighted by atomic mass is 9.79. The largest absolute Gasteiger partial charge is 0.460 e. The van der Waals surface area contributed by atoms with Gasteiger partial charge in [0.15, 0.2) is 11.5 Å². The molecule has 1 saturated heterocycles. The van der Waals surface area contributed by atoms with Crippen LogP contribution in [0.3, 0.4) is 0 Å². The van der Waals surface area contributed by atoms with Crippen LogP contribution in [0.4, 0.5) is 0 Å². The first-order chi connectivity index (χ1) is 11.6. The van der Waals surface area contributed by atoms with Crippen molar-refractivity contribution in [3.05, 3.63) is 29.7 Å². The number of ether oxygens (including phenoxy) is 1. The minimum absolute atomic E-state index is 0. The highest BCUT2D eigenvalue weighted by atomic mass is 35.5. The molecule has 3 rings (SSSR count). The molecule has 1 amide bonds. The summed E-state index contributed by atoms with van der Waals surface area (Å²) in [6.45, 7) is 5.00. The molecule has 3 N–H and O–H groups in total.